The Labute approximate surface area is 150 Å². The van der Waals surface area contributed by atoms with Gasteiger partial charge in [0.25, 0.3) is 15.9 Å². The second-order valence-electron chi connectivity index (χ2n) is 6.22. The van der Waals surface area contributed by atoms with Gasteiger partial charge in [0.15, 0.2) is 5.76 Å². The molecule has 0 spiro atoms. The van der Waals surface area contributed by atoms with Crippen LogP contribution in [0.4, 0.5) is 0 Å². The van der Waals surface area contributed by atoms with Crippen LogP contribution in [-0.2, 0) is 16.4 Å². The van der Waals surface area contributed by atoms with Crippen molar-refractivity contribution in [1.29, 1.82) is 0 Å². The Morgan fingerprint density at radius 1 is 1.27 bits per heavy atom. The number of hydrogen-bond donors (Lipinski definition) is 2. The lowest BCUT2D eigenvalue weighted by Crippen LogP contribution is -2.26. The van der Waals surface area contributed by atoms with E-state index >= 15 is 0 Å². The SMILES string of the molecule is O=C(NCCc1cn2ccccc2n1)c1ccc(S(=O)(=O)NC2CC2)o1. The number of pyridine rings is 1. The van der Waals surface area contributed by atoms with Crippen molar-refractivity contribution in [2.45, 2.75) is 30.4 Å². The summed E-state index contributed by atoms with van der Waals surface area (Å²) < 4.78 is 33.7. The molecule has 0 aliphatic heterocycles. The van der Waals surface area contributed by atoms with Crippen molar-refractivity contribution in [1.82, 2.24) is 19.4 Å². The van der Waals surface area contributed by atoms with Crippen molar-refractivity contribution in [3.05, 3.63) is 54.2 Å². The number of imidazole rings is 1. The summed E-state index contributed by atoms with van der Waals surface area (Å²) in [6.45, 7) is 0.367. The maximum atomic E-state index is 12.1. The van der Waals surface area contributed by atoms with E-state index in [2.05, 4.69) is 15.0 Å². The number of carbonyl (C=O) groups excluding carboxylic acids is 1. The zero-order valence-electron chi connectivity index (χ0n) is 13.9. The van der Waals surface area contributed by atoms with Crippen LogP contribution in [0.25, 0.3) is 5.65 Å². The number of carbonyl (C=O) groups is 1. The lowest BCUT2D eigenvalue weighted by molar-refractivity contribution is 0.0921. The molecule has 3 heterocycles. The number of nitrogens with zero attached hydrogens (tertiary/aromatic N) is 2. The fraction of sp³-hybridized carbons (Fsp3) is 0.294. The molecule has 1 aliphatic rings. The van der Waals surface area contributed by atoms with Gasteiger partial charge in [0.05, 0.1) is 5.69 Å². The van der Waals surface area contributed by atoms with Crippen molar-refractivity contribution in [2.24, 2.45) is 0 Å². The Hall–Kier alpha value is -2.65. The molecule has 1 saturated carbocycles. The predicted octanol–water partition coefficient (Wildman–Crippen LogP) is 1.34. The quantitative estimate of drug-likeness (QED) is 0.649. The Morgan fingerprint density at radius 3 is 2.88 bits per heavy atom. The summed E-state index contributed by atoms with van der Waals surface area (Å²) in [5.41, 5.74) is 1.70. The van der Waals surface area contributed by atoms with E-state index in [0.29, 0.717) is 13.0 Å². The Balaban J connectivity index is 1.34. The molecule has 1 aliphatic carbocycles. The van der Waals surface area contributed by atoms with E-state index in [1.54, 1.807) is 0 Å². The molecule has 0 unspecified atom stereocenters. The van der Waals surface area contributed by atoms with Crippen LogP contribution in [0, 0.1) is 0 Å². The van der Waals surface area contributed by atoms with E-state index in [9.17, 15) is 13.2 Å². The van der Waals surface area contributed by atoms with Gasteiger partial charge in [-0.2, -0.15) is 0 Å². The number of sulfonamides is 1. The molecule has 26 heavy (non-hydrogen) atoms. The standard InChI is InChI=1S/C17H18N4O4S/c22-17(14-6-7-16(25-14)26(23,24)20-12-4-5-12)18-9-8-13-11-21-10-2-1-3-15(21)19-13/h1-3,6-7,10-12,20H,4-5,8-9H2,(H,18,22). The van der Waals surface area contributed by atoms with Gasteiger partial charge in [-0.25, -0.2) is 18.1 Å². The number of nitrogens with one attached hydrogen (secondary N) is 2. The largest absolute Gasteiger partial charge is 0.438 e. The highest BCUT2D eigenvalue weighted by Crippen LogP contribution is 2.23. The fourth-order valence-electron chi connectivity index (χ4n) is 2.56. The minimum atomic E-state index is -3.70. The molecule has 1 fully saturated rings. The summed E-state index contributed by atoms with van der Waals surface area (Å²) >= 11 is 0. The first-order valence-corrected chi connectivity index (χ1v) is 9.82. The molecule has 3 aromatic heterocycles. The van der Waals surface area contributed by atoms with Crippen LogP contribution in [0.5, 0.6) is 0 Å². The Morgan fingerprint density at radius 2 is 2.12 bits per heavy atom. The summed E-state index contributed by atoms with van der Waals surface area (Å²) in [5, 5.41) is 2.47. The Bertz CT molecular complexity index is 1020. The normalized spacial score (nSPS) is 14.6. The molecule has 1 amide bonds. The van der Waals surface area contributed by atoms with Crippen LogP contribution < -0.4 is 10.0 Å². The minimum absolute atomic E-state index is 0.0206. The van der Waals surface area contributed by atoms with Crippen LogP contribution in [0.15, 0.2) is 52.2 Å². The number of aromatic nitrogens is 2. The number of fused-ring (bicyclic) bond motifs is 1. The van der Waals surface area contributed by atoms with E-state index in [1.165, 1.54) is 12.1 Å². The molecular formula is C17H18N4O4S. The van der Waals surface area contributed by atoms with E-state index < -0.39 is 15.9 Å². The molecule has 0 bridgehead atoms. The zero-order valence-corrected chi connectivity index (χ0v) is 14.7. The van der Waals surface area contributed by atoms with Gasteiger partial charge in [-0.15, -0.1) is 0 Å². The third-order valence-corrected chi connectivity index (χ3v) is 5.44. The van der Waals surface area contributed by atoms with Crippen molar-refractivity contribution in [3.63, 3.8) is 0 Å². The summed E-state index contributed by atoms with van der Waals surface area (Å²) in [6.07, 6.45) is 6.03. The number of furan rings is 1. The number of amides is 1. The molecule has 2 N–H and O–H groups in total. The zero-order chi connectivity index (χ0) is 18.1. The molecule has 9 heteroatoms. The first kappa shape index (κ1) is 16.8. The topological polar surface area (TPSA) is 106 Å². The van der Waals surface area contributed by atoms with Crippen LogP contribution in [0.3, 0.4) is 0 Å². The molecule has 0 saturated heterocycles. The summed E-state index contributed by atoms with van der Waals surface area (Å²) in [4.78, 5) is 16.6. The van der Waals surface area contributed by atoms with Crippen LogP contribution in [-0.4, -0.2) is 36.3 Å². The first-order chi connectivity index (χ1) is 12.5. The van der Waals surface area contributed by atoms with Crippen molar-refractivity contribution >= 4 is 21.6 Å². The van der Waals surface area contributed by atoms with Gasteiger partial charge in [-0.1, -0.05) is 6.07 Å². The fourth-order valence-corrected chi connectivity index (χ4v) is 3.80. The lowest BCUT2D eigenvalue weighted by atomic mass is 10.3. The van der Waals surface area contributed by atoms with Crippen LogP contribution >= 0.6 is 0 Å². The summed E-state index contributed by atoms with van der Waals surface area (Å²) in [6, 6.07) is 8.37. The van der Waals surface area contributed by atoms with Crippen molar-refractivity contribution in [2.75, 3.05) is 6.54 Å². The van der Waals surface area contributed by atoms with Crippen molar-refractivity contribution in [3.8, 4) is 0 Å². The van der Waals surface area contributed by atoms with Crippen LogP contribution in [0.1, 0.15) is 29.1 Å². The monoisotopic (exact) mass is 374 g/mol. The summed E-state index contributed by atoms with van der Waals surface area (Å²) in [7, 11) is -3.70. The number of rotatable bonds is 7. The number of hydrogen-bond acceptors (Lipinski definition) is 5. The summed E-state index contributed by atoms with van der Waals surface area (Å²) in [5.74, 6) is -0.488. The van der Waals surface area contributed by atoms with Gasteiger partial charge in [0, 0.05) is 31.4 Å². The second-order valence-corrected chi connectivity index (χ2v) is 7.86. The highest BCUT2D eigenvalue weighted by atomic mass is 32.2. The minimum Gasteiger partial charge on any atom is -0.438 e. The maximum absolute atomic E-state index is 12.1. The van der Waals surface area contributed by atoms with Gasteiger partial charge >= 0.3 is 0 Å². The maximum Gasteiger partial charge on any atom is 0.287 e. The molecule has 8 nitrogen and oxygen atoms in total. The molecule has 0 aromatic carbocycles. The van der Waals surface area contributed by atoms with E-state index in [-0.39, 0.29) is 16.9 Å². The van der Waals surface area contributed by atoms with Gasteiger partial charge < -0.3 is 14.1 Å². The lowest BCUT2D eigenvalue weighted by Gasteiger charge is -2.02. The van der Waals surface area contributed by atoms with E-state index in [4.69, 9.17) is 4.42 Å². The highest BCUT2D eigenvalue weighted by Gasteiger charge is 2.30. The van der Waals surface area contributed by atoms with Gasteiger partial charge in [0.1, 0.15) is 5.65 Å². The van der Waals surface area contributed by atoms with E-state index in [0.717, 1.165) is 24.2 Å². The van der Waals surface area contributed by atoms with Gasteiger partial charge in [-0.3, -0.25) is 4.79 Å². The van der Waals surface area contributed by atoms with Crippen molar-refractivity contribution < 1.29 is 17.6 Å². The Kier molecular flexibility index (Phi) is 4.25. The average Bonchev–Trinajstić information content (AvgIpc) is 3.13. The molecule has 4 rings (SSSR count). The highest BCUT2D eigenvalue weighted by molar-refractivity contribution is 7.89. The van der Waals surface area contributed by atoms with Gasteiger partial charge in [0.2, 0.25) is 5.09 Å². The second kappa shape index (κ2) is 6.58. The molecule has 0 atom stereocenters. The molecule has 3 aromatic rings. The molecule has 136 valence electrons. The van der Waals surface area contributed by atoms with E-state index in [1.807, 2.05) is 35.0 Å². The molecular weight excluding hydrogens is 356 g/mol. The van der Waals surface area contributed by atoms with Crippen LogP contribution in [0.2, 0.25) is 0 Å². The third-order valence-electron chi connectivity index (χ3n) is 4.05. The average molecular weight is 374 g/mol. The predicted molar refractivity (Wildman–Crippen MR) is 93.3 cm³/mol. The first-order valence-electron chi connectivity index (χ1n) is 8.34. The third kappa shape index (κ3) is 3.63. The smallest absolute Gasteiger partial charge is 0.287 e. The van der Waals surface area contributed by atoms with Gasteiger partial charge in [-0.05, 0) is 37.1 Å². The molecule has 0 radical (unpaired) electrons.